The normalized spacial score (nSPS) is 17.2. The first-order chi connectivity index (χ1) is 9.22. The van der Waals surface area contributed by atoms with E-state index in [9.17, 15) is 0 Å². The van der Waals surface area contributed by atoms with E-state index in [1.807, 2.05) is 12.4 Å². The molecule has 3 heteroatoms. The maximum atomic E-state index is 4.31. The van der Waals surface area contributed by atoms with Crippen LogP contribution in [-0.2, 0) is 6.54 Å². The van der Waals surface area contributed by atoms with Crippen LogP contribution in [0.2, 0.25) is 0 Å². The van der Waals surface area contributed by atoms with Crippen LogP contribution in [0.4, 0.5) is 5.69 Å². The Morgan fingerprint density at radius 1 is 1.37 bits per heavy atom. The summed E-state index contributed by atoms with van der Waals surface area (Å²) in [6, 6.07) is 2.15. The fourth-order valence-electron chi connectivity index (χ4n) is 2.92. The van der Waals surface area contributed by atoms with Crippen molar-refractivity contribution in [2.75, 3.05) is 24.5 Å². The first-order valence-electron chi connectivity index (χ1n) is 7.61. The lowest BCUT2D eigenvalue weighted by Gasteiger charge is -2.36. The Morgan fingerprint density at radius 2 is 2.11 bits per heavy atom. The van der Waals surface area contributed by atoms with Crippen molar-refractivity contribution < 1.29 is 0 Å². The van der Waals surface area contributed by atoms with Crippen LogP contribution < -0.4 is 10.2 Å². The Kier molecular flexibility index (Phi) is 5.20. The molecule has 0 aliphatic carbocycles. The van der Waals surface area contributed by atoms with Gasteiger partial charge in [0.25, 0.3) is 0 Å². The van der Waals surface area contributed by atoms with Gasteiger partial charge >= 0.3 is 0 Å². The molecule has 1 aromatic rings. The minimum atomic E-state index is 0.817. The van der Waals surface area contributed by atoms with Crippen molar-refractivity contribution in [1.29, 1.82) is 0 Å². The van der Waals surface area contributed by atoms with E-state index in [-0.39, 0.29) is 0 Å². The van der Waals surface area contributed by atoms with Crippen LogP contribution in [0.5, 0.6) is 0 Å². The monoisotopic (exact) mass is 261 g/mol. The Hall–Kier alpha value is -1.09. The van der Waals surface area contributed by atoms with Crippen LogP contribution in [-0.4, -0.2) is 24.6 Å². The van der Waals surface area contributed by atoms with E-state index in [0.29, 0.717) is 0 Å². The van der Waals surface area contributed by atoms with E-state index in [2.05, 4.69) is 42.0 Å². The molecule has 1 fully saturated rings. The van der Waals surface area contributed by atoms with Gasteiger partial charge in [-0.25, -0.2) is 0 Å². The lowest BCUT2D eigenvalue weighted by Crippen LogP contribution is -2.36. The molecule has 0 saturated carbocycles. The Morgan fingerprint density at radius 3 is 2.74 bits per heavy atom. The van der Waals surface area contributed by atoms with Crippen molar-refractivity contribution in [3.05, 3.63) is 24.0 Å². The predicted octanol–water partition coefficient (Wildman–Crippen LogP) is 3.06. The zero-order valence-corrected chi connectivity index (χ0v) is 12.5. The number of hydrogen-bond donors (Lipinski definition) is 1. The molecule has 0 atom stereocenters. The number of pyridine rings is 1. The SMILES string of the molecule is CCNCc1ccncc1N1CCC(C(C)C)CC1. The zero-order valence-electron chi connectivity index (χ0n) is 12.5. The fraction of sp³-hybridized carbons (Fsp3) is 0.688. The minimum absolute atomic E-state index is 0.817. The smallest absolute Gasteiger partial charge is 0.0598 e. The van der Waals surface area contributed by atoms with Gasteiger partial charge in [-0.2, -0.15) is 0 Å². The molecule has 0 aromatic carbocycles. The third-order valence-corrected chi connectivity index (χ3v) is 4.28. The van der Waals surface area contributed by atoms with Gasteiger partial charge < -0.3 is 10.2 Å². The topological polar surface area (TPSA) is 28.2 Å². The van der Waals surface area contributed by atoms with Crippen LogP contribution in [0.15, 0.2) is 18.5 Å². The average Bonchev–Trinajstić information content (AvgIpc) is 2.45. The molecule has 1 saturated heterocycles. The third kappa shape index (κ3) is 3.69. The number of nitrogens with zero attached hydrogens (tertiary/aromatic N) is 2. The lowest BCUT2D eigenvalue weighted by molar-refractivity contribution is 0.311. The first-order valence-corrected chi connectivity index (χ1v) is 7.61. The summed E-state index contributed by atoms with van der Waals surface area (Å²) in [5.74, 6) is 1.71. The van der Waals surface area contributed by atoms with Gasteiger partial charge in [0.15, 0.2) is 0 Å². The number of nitrogens with one attached hydrogen (secondary N) is 1. The quantitative estimate of drug-likeness (QED) is 0.883. The number of hydrogen-bond acceptors (Lipinski definition) is 3. The van der Waals surface area contributed by atoms with Crippen molar-refractivity contribution in [3.63, 3.8) is 0 Å². The molecule has 106 valence electrons. The summed E-state index contributed by atoms with van der Waals surface area (Å²) >= 11 is 0. The Bertz CT molecular complexity index is 381. The first kappa shape index (κ1) is 14.3. The molecule has 2 heterocycles. The predicted molar refractivity (Wildman–Crippen MR) is 81.4 cm³/mol. The lowest BCUT2D eigenvalue weighted by atomic mass is 9.86. The van der Waals surface area contributed by atoms with Crippen LogP contribution in [0.1, 0.15) is 39.2 Å². The molecule has 2 rings (SSSR count). The highest BCUT2D eigenvalue weighted by Gasteiger charge is 2.22. The van der Waals surface area contributed by atoms with Gasteiger partial charge in [0, 0.05) is 25.8 Å². The van der Waals surface area contributed by atoms with Gasteiger partial charge in [-0.3, -0.25) is 4.98 Å². The van der Waals surface area contributed by atoms with Crippen LogP contribution >= 0.6 is 0 Å². The molecule has 0 radical (unpaired) electrons. The van der Waals surface area contributed by atoms with E-state index >= 15 is 0 Å². The summed E-state index contributed by atoms with van der Waals surface area (Å²) < 4.78 is 0. The second-order valence-corrected chi connectivity index (χ2v) is 5.85. The molecule has 19 heavy (non-hydrogen) atoms. The molecule has 1 aromatic heterocycles. The van der Waals surface area contributed by atoms with E-state index in [4.69, 9.17) is 0 Å². The molecule has 1 aliphatic heterocycles. The largest absolute Gasteiger partial charge is 0.370 e. The molecule has 1 aliphatic rings. The van der Waals surface area contributed by atoms with Crippen molar-refractivity contribution in [2.45, 2.75) is 40.2 Å². The second kappa shape index (κ2) is 6.90. The highest BCUT2D eigenvalue weighted by molar-refractivity contribution is 5.52. The van der Waals surface area contributed by atoms with E-state index < -0.39 is 0 Å². The number of anilines is 1. The fourth-order valence-corrected chi connectivity index (χ4v) is 2.92. The van der Waals surface area contributed by atoms with Gasteiger partial charge in [0.05, 0.1) is 11.9 Å². The van der Waals surface area contributed by atoms with Gasteiger partial charge in [0.1, 0.15) is 0 Å². The maximum Gasteiger partial charge on any atom is 0.0598 e. The summed E-state index contributed by atoms with van der Waals surface area (Å²) in [5.41, 5.74) is 2.70. The summed E-state index contributed by atoms with van der Waals surface area (Å²) in [4.78, 5) is 6.83. The van der Waals surface area contributed by atoms with Gasteiger partial charge in [0.2, 0.25) is 0 Å². The van der Waals surface area contributed by atoms with Gasteiger partial charge in [-0.15, -0.1) is 0 Å². The number of rotatable bonds is 5. The van der Waals surface area contributed by atoms with Crippen molar-refractivity contribution in [2.24, 2.45) is 11.8 Å². The molecule has 0 unspecified atom stereocenters. The second-order valence-electron chi connectivity index (χ2n) is 5.85. The highest BCUT2D eigenvalue weighted by atomic mass is 15.1. The summed E-state index contributed by atoms with van der Waals surface area (Å²) in [6.45, 7) is 11.1. The molecular formula is C16H27N3. The van der Waals surface area contributed by atoms with Crippen LogP contribution in [0.25, 0.3) is 0 Å². The van der Waals surface area contributed by atoms with Crippen molar-refractivity contribution in [1.82, 2.24) is 10.3 Å². The third-order valence-electron chi connectivity index (χ3n) is 4.28. The Labute approximate surface area is 117 Å². The molecule has 3 nitrogen and oxygen atoms in total. The molecular weight excluding hydrogens is 234 g/mol. The van der Waals surface area contributed by atoms with E-state index in [0.717, 1.165) is 24.9 Å². The van der Waals surface area contributed by atoms with E-state index in [1.165, 1.54) is 37.2 Å². The number of piperidine rings is 1. The maximum absolute atomic E-state index is 4.31. The van der Waals surface area contributed by atoms with E-state index in [1.54, 1.807) is 0 Å². The summed E-state index contributed by atoms with van der Waals surface area (Å²) in [7, 11) is 0. The summed E-state index contributed by atoms with van der Waals surface area (Å²) in [6.07, 6.45) is 6.56. The molecule has 0 spiro atoms. The molecule has 1 N–H and O–H groups in total. The molecule has 0 bridgehead atoms. The standard InChI is InChI=1S/C16H27N3/c1-4-17-11-15-5-8-18-12-16(15)19-9-6-14(7-10-19)13(2)3/h5,8,12-14,17H,4,6-7,9-11H2,1-3H3. The van der Waals surface area contributed by atoms with Crippen LogP contribution in [0.3, 0.4) is 0 Å². The minimum Gasteiger partial charge on any atom is -0.370 e. The number of aromatic nitrogens is 1. The summed E-state index contributed by atoms with van der Waals surface area (Å²) in [5, 5.41) is 3.42. The Balaban J connectivity index is 2.02. The van der Waals surface area contributed by atoms with Crippen molar-refractivity contribution in [3.8, 4) is 0 Å². The average molecular weight is 261 g/mol. The van der Waals surface area contributed by atoms with Gasteiger partial charge in [-0.1, -0.05) is 20.8 Å². The zero-order chi connectivity index (χ0) is 13.7. The highest BCUT2D eigenvalue weighted by Crippen LogP contribution is 2.29. The van der Waals surface area contributed by atoms with Gasteiger partial charge in [-0.05, 0) is 42.9 Å². The molecule has 0 amide bonds. The van der Waals surface area contributed by atoms with Crippen molar-refractivity contribution >= 4 is 5.69 Å². The van der Waals surface area contributed by atoms with Crippen LogP contribution in [0, 0.1) is 11.8 Å².